The lowest BCUT2D eigenvalue weighted by molar-refractivity contribution is 1.36. The van der Waals surface area contributed by atoms with Crippen LogP contribution in [-0.2, 0) is 10.7 Å². The zero-order chi connectivity index (χ0) is 9.14. The largest absolute Gasteiger partial charge is 0.0876 e. The summed E-state index contributed by atoms with van der Waals surface area (Å²) in [6.07, 6.45) is 0. The van der Waals surface area contributed by atoms with Crippen LogP contribution in [0.3, 0.4) is 0 Å². The summed E-state index contributed by atoms with van der Waals surface area (Å²) < 4.78 is 0. The summed E-state index contributed by atoms with van der Waals surface area (Å²) in [5, 5.41) is 2.75. The predicted molar refractivity (Wildman–Crippen MR) is 61.7 cm³/mol. The van der Waals surface area contributed by atoms with Gasteiger partial charge in [0, 0.05) is 10.7 Å². The normalized spacial score (nSPS) is 10.3. The van der Waals surface area contributed by atoms with Gasteiger partial charge in [0.1, 0.15) is 0 Å². The standard InChI is InChI=1S/C8H6Br2Cl2/c9-3-5-1-2-6(4-10)8(12)7(5)11/h1-2H,3-4H2. The first-order valence-electron chi connectivity index (χ1n) is 3.28. The lowest BCUT2D eigenvalue weighted by Gasteiger charge is -2.05. The summed E-state index contributed by atoms with van der Waals surface area (Å²) in [6, 6.07) is 3.94. The fourth-order valence-electron chi connectivity index (χ4n) is 0.836. The molecule has 0 aliphatic heterocycles. The summed E-state index contributed by atoms with van der Waals surface area (Å²) in [4.78, 5) is 0. The molecule has 0 aliphatic rings. The van der Waals surface area contributed by atoms with E-state index in [0.717, 1.165) is 21.8 Å². The number of alkyl halides is 2. The topological polar surface area (TPSA) is 0 Å². The van der Waals surface area contributed by atoms with E-state index in [1.165, 1.54) is 0 Å². The zero-order valence-corrected chi connectivity index (χ0v) is 10.8. The van der Waals surface area contributed by atoms with Crippen molar-refractivity contribution in [3.05, 3.63) is 33.3 Å². The highest BCUT2D eigenvalue weighted by molar-refractivity contribution is 9.08. The quantitative estimate of drug-likeness (QED) is 0.683. The number of hydrogen-bond acceptors (Lipinski definition) is 0. The van der Waals surface area contributed by atoms with E-state index in [-0.39, 0.29) is 0 Å². The van der Waals surface area contributed by atoms with E-state index in [9.17, 15) is 0 Å². The van der Waals surface area contributed by atoms with Crippen molar-refractivity contribution in [1.82, 2.24) is 0 Å². The first-order valence-corrected chi connectivity index (χ1v) is 6.28. The third kappa shape index (κ3) is 2.16. The molecule has 0 saturated carbocycles. The van der Waals surface area contributed by atoms with Crippen molar-refractivity contribution in [2.75, 3.05) is 0 Å². The molecule has 0 heterocycles. The van der Waals surface area contributed by atoms with E-state index in [0.29, 0.717) is 10.0 Å². The van der Waals surface area contributed by atoms with Gasteiger partial charge in [0.25, 0.3) is 0 Å². The van der Waals surface area contributed by atoms with Crippen molar-refractivity contribution in [1.29, 1.82) is 0 Å². The van der Waals surface area contributed by atoms with Crippen LogP contribution in [-0.4, -0.2) is 0 Å². The van der Waals surface area contributed by atoms with E-state index in [4.69, 9.17) is 23.2 Å². The second-order valence-corrected chi connectivity index (χ2v) is 4.16. The maximum Gasteiger partial charge on any atom is 0.0635 e. The second-order valence-electron chi connectivity index (χ2n) is 2.28. The van der Waals surface area contributed by atoms with Gasteiger partial charge in [0.2, 0.25) is 0 Å². The van der Waals surface area contributed by atoms with E-state index in [2.05, 4.69) is 31.9 Å². The van der Waals surface area contributed by atoms with Gasteiger partial charge in [-0.1, -0.05) is 67.2 Å². The highest BCUT2D eigenvalue weighted by Gasteiger charge is 2.07. The van der Waals surface area contributed by atoms with Crippen LogP contribution >= 0.6 is 55.1 Å². The van der Waals surface area contributed by atoms with Crippen molar-refractivity contribution in [3.63, 3.8) is 0 Å². The summed E-state index contributed by atoms with van der Waals surface area (Å²) in [5.41, 5.74) is 2.04. The highest BCUT2D eigenvalue weighted by atomic mass is 79.9. The fraction of sp³-hybridized carbons (Fsp3) is 0.250. The lowest BCUT2D eigenvalue weighted by atomic mass is 10.2. The van der Waals surface area contributed by atoms with Crippen LogP contribution in [0.15, 0.2) is 12.1 Å². The number of benzene rings is 1. The Morgan fingerprint density at radius 1 is 0.917 bits per heavy atom. The summed E-state index contributed by atoms with van der Waals surface area (Å²) >= 11 is 18.7. The Bertz CT molecular complexity index is 258. The number of hydrogen-bond donors (Lipinski definition) is 0. The molecule has 0 spiro atoms. The fourth-order valence-corrected chi connectivity index (χ4v) is 2.60. The van der Waals surface area contributed by atoms with Crippen molar-refractivity contribution < 1.29 is 0 Å². The minimum Gasteiger partial charge on any atom is -0.0876 e. The van der Waals surface area contributed by atoms with E-state index in [1.54, 1.807) is 0 Å². The van der Waals surface area contributed by atoms with Crippen LogP contribution in [0.25, 0.3) is 0 Å². The molecule has 0 aromatic heterocycles. The van der Waals surface area contributed by atoms with Crippen LogP contribution in [0.2, 0.25) is 10.0 Å². The van der Waals surface area contributed by atoms with Crippen molar-refractivity contribution in [3.8, 4) is 0 Å². The Hall–Kier alpha value is 0.760. The second kappa shape index (κ2) is 4.85. The van der Waals surface area contributed by atoms with Gasteiger partial charge in [-0.25, -0.2) is 0 Å². The minimum atomic E-state index is 0.644. The third-order valence-corrected chi connectivity index (χ3v) is 3.70. The Morgan fingerprint density at radius 2 is 1.25 bits per heavy atom. The van der Waals surface area contributed by atoms with Crippen LogP contribution < -0.4 is 0 Å². The molecule has 4 heteroatoms. The van der Waals surface area contributed by atoms with E-state index in [1.807, 2.05) is 12.1 Å². The monoisotopic (exact) mass is 330 g/mol. The average molecular weight is 333 g/mol. The Morgan fingerprint density at radius 3 is 1.50 bits per heavy atom. The molecule has 0 unspecified atom stereocenters. The SMILES string of the molecule is Clc1c(CBr)ccc(CBr)c1Cl. The summed E-state index contributed by atoms with van der Waals surface area (Å²) in [6.45, 7) is 0. The van der Waals surface area contributed by atoms with Gasteiger partial charge < -0.3 is 0 Å². The van der Waals surface area contributed by atoms with Gasteiger partial charge in [-0.05, 0) is 11.1 Å². The first-order chi connectivity index (χ1) is 5.70. The smallest absolute Gasteiger partial charge is 0.0635 e. The molecule has 0 radical (unpaired) electrons. The zero-order valence-electron chi connectivity index (χ0n) is 6.08. The van der Waals surface area contributed by atoms with Gasteiger partial charge in [0.05, 0.1) is 10.0 Å². The maximum absolute atomic E-state index is 5.99. The molecule has 0 bridgehead atoms. The predicted octanol–water partition coefficient (Wildman–Crippen LogP) is 4.78. The number of rotatable bonds is 2. The minimum absolute atomic E-state index is 0.644. The molecule has 0 N–H and O–H groups in total. The van der Waals surface area contributed by atoms with Crippen molar-refractivity contribution in [2.45, 2.75) is 10.7 Å². The lowest BCUT2D eigenvalue weighted by Crippen LogP contribution is -1.86. The van der Waals surface area contributed by atoms with Gasteiger partial charge in [-0.15, -0.1) is 0 Å². The summed E-state index contributed by atoms with van der Waals surface area (Å²) in [5.74, 6) is 0. The molecule has 0 nitrogen and oxygen atoms in total. The molecule has 66 valence electrons. The van der Waals surface area contributed by atoms with Crippen LogP contribution in [0, 0.1) is 0 Å². The van der Waals surface area contributed by atoms with Crippen LogP contribution in [0.1, 0.15) is 11.1 Å². The molecule has 0 atom stereocenters. The highest BCUT2D eigenvalue weighted by Crippen LogP contribution is 2.31. The summed E-state index contributed by atoms with van der Waals surface area (Å²) in [7, 11) is 0. The van der Waals surface area contributed by atoms with E-state index < -0.39 is 0 Å². The van der Waals surface area contributed by atoms with Crippen LogP contribution in [0.4, 0.5) is 0 Å². The number of halogens is 4. The molecule has 1 aromatic rings. The Kier molecular flexibility index (Phi) is 4.38. The Balaban J connectivity index is 3.20. The maximum atomic E-state index is 5.99. The van der Waals surface area contributed by atoms with Gasteiger partial charge >= 0.3 is 0 Å². The molecule has 1 aromatic carbocycles. The van der Waals surface area contributed by atoms with Crippen molar-refractivity contribution in [2.24, 2.45) is 0 Å². The van der Waals surface area contributed by atoms with Crippen LogP contribution in [0.5, 0.6) is 0 Å². The molecule has 12 heavy (non-hydrogen) atoms. The average Bonchev–Trinajstić information content (AvgIpc) is 2.10. The Labute approximate surface area is 98.5 Å². The van der Waals surface area contributed by atoms with Gasteiger partial charge in [-0.3, -0.25) is 0 Å². The first kappa shape index (κ1) is 10.8. The molecule has 0 fully saturated rings. The van der Waals surface area contributed by atoms with Gasteiger partial charge in [-0.2, -0.15) is 0 Å². The van der Waals surface area contributed by atoms with E-state index >= 15 is 0 Å². The molecule has 0 amide bonds. The molecule has 1 rings (SSSR count). The molecule has 0 aliphatic carbocycles. The molecule has 0 saturated heterocycles. The molecular weight excluding hydrogens is 327 g/mol. The molecular formula is C8H6Br2Cl2. The van der Waals surface area contributed by atoms with Crippen molar-refractivity contribution >= 4 is 55.1 Å². The third-order valence-electron chi connectivity index (χ3n) is 1.53. The van der Waals surface area contributed by atoms with Gasteiger partial charge in [0.15, 0.2) is 0 Å².